The average Bonchev–Trinajstić information content (AvgIpc) is 1.87. The molecule has 0 spiro atoms. The zero-order valence-corrected chi connectivity index (χ0v) is 6.60. The van der Waals surface area contributed by atoms with Crippen molar-refractivity contribution in [3.8, 4) is 0 Å². The quantitative estimate of drug-likeness (QED) is 0.347. The molecule has 5 heteroatoms. The molecule has 0 bridgehead atoms. The maximum absolute atomic E-state index is 9.90. The number of hydrogen-bond acceptors (Lipinski definition) is 4. The lowest BCUT2D eigenvalue weighted by Gasteiger charge is -2.13. The lowest BCUT2D eigenvalue weighted by Crippen LogP contribution is -2.27. The van der Waals surface area contributed by atoms with Crippen LogP contribution in [0.4, 0.5) is 0 Å². The van der Waals surface area contributed by atoms with Crippen molar-refractivity contribution < 1.29 is 15.1 Å². The van der Waals surface area contributed by atoms with Gasteiger partial charge in [0.05, 0.1) is 17.4 Å². The Kier molecular flexibility index (Phi) is 3.99. The van der Waals surface area contributed by atoms with Crippen molar-refractivity contribution in [2.24, 2.45) is 5.92 Å². The molecule has 0 aliphatic heterocycles. The highest BCUT2D eigenvalue weighted by Gasteiger charge is 2.22. The summed E-state index contributed by atoms with van der Waals surface area (Å²) in [4.78, 5) is 9.09. The van der Waals surface area contributed by atoms with Crippen LogP contribution in [-0.2, 0) is 0 Å². The van der Waals surface area contributed by atoms with E-state index in [0.717, 1.165) is 0 Å². The van der Waals surface area contributed by atoms with Crippen LogP contribution in [-0.4, -0.2) is 27.5 Å². The Bertz CT molecular complexity index is 137. The van der Waals surface area contributed by atoms with Crippen molar-refractivity contribution in [3.63, 3.8) is 0 Å². The van der Waals surface area contributed by atoms with Gasteiger partial charge in [-0.3, -0.25) is 10.1 Å². The van der Waals surface area contributed by atoms with Crippen molar-refractivity contribution in [3.05, 3.63) is 10.1 Å². The molecular weight excluding hydrogens is 150 g/mol. The first-order chi connectivity index (χ1) is 4.95. The molecule has 0 fully saturated rings. The Morgan fingerprint density at radius 2 is 1.91 bits per heavy atom. The SMILES string of the molecule is CC(C)C(O)CC(O)[N+](=O)[O-]. The Hall–Kier alpha value is -0.680. The lowest BCUT2D eigenvalue weighted by molar-refractivity contribution is -0.573. The summed E-state index contributed by atoms with van der Waals surface area (Å²) in [6.07, 6.45) is -2.66. The van der Waals surface area contributed by atoms with Gasteiger partial charge in [-0.1, -0.05) is 13.8 Å². The van der Waals surface area contributed by atoms with Crippen molar-refractivity contribution in [1.82, 2.24) is 0 Å². The molecule has 0 rings (SSSR count). The van der Waals surface area contributed by atoms with Gasteiger partial charge in [-0.25, -0.2) is 0 Å². The third kappa shape index (κ3) is 3.90. The van der Waals surface area contributed by atoms with Gasteiger partial charge in [0.2, 0.25) is 0 Å². The molecule has 0 aliphatic carbocycles. The van der Waals surface area contributed by atoms with Crippen LogP contribution in [0.5, 0.6) is 0 Å². The van der Waals surface area contributed by atoms with Gasteiger partial charge in [-0.05, 0) is 5.92 Å². The minimum absolute atomic E-state index is 0.0652. The molecular formula is C6H13NO4. The first kappa shape index (κ1) is 10.3. The molecule has 2 N–H and O–H groups in total. The van der Waals surface area contributed by atoms with Crippen LogP contribution >= 0.6 is 0 Å². The monoisotopic (exact) mass is 163 g/mol. The van der Waals surface area contributed by atoms with Gasteiger partial charge in [-0.15, -0.1) is 0 Å². The Morgan fingerprint density at radius 3 is 2.18 bits per heavy atom. The fourth-order valence-corrected chi connectivity index (χ4v) is 0.574. The van der Waals surface area contributed by atoms with E-state index in [1.54, 1.807) is 13.8 Å². The fourth-order valence-electron chi connectivity index (χ4n) is 0.574. The number of rotatable bonds is 4. The van der Waals surface area contributed by atoms with Crippen LogP contribution in [0, 0.1) is 16.0 Å². The maximum Gasteiger partial charge on any atom is 0.315 e. The topological polar surface area (TPSA) is 83.6 Å². The smallest absolute Gasteiger partial charge is 0.315 e. The first-order valence-electron chi connectivity index (χ1n) is 3.44. The van der Waals surface area contributed by atoms with E-state index in [1.807, 2.05) is 0 Å². The van der Waals surface area contributed by atoms with E-state index in [1.165, 1.54) is 0 Å². The second kappa shape index (κ2) is 4.25. The van der Waals surface area contributed by atoms with Crippen LogP contribution in [0.15, 0.2) is 0 Å². The number of hydrogen-bond donors (Lipinski definition) is 2. The minimum atomic E-state index is -1.65. The molecule has 0 aromatic carbocycles. The van der Waals surface area contributed by atoms with Gasteiger partial charge in [0, 0.05) is 0 Å². The highest BCUT2D eigenvalue weighted by atomic mass is 16.7. The summed E-state index contributed by atoms with van der Waals surface area (Å²) in [6.45, 7) is 3.47. The van der Waals surface area contributed by atoms with E-state index in [2.05, 4.69) is 0 Å². The zero-order chi connectivity index (χ0) is 9.02. The largest absolute Gasteiger partial charge is 0.392 e. The third-order valence-corrected chi connectivity index (χ3v) is 1.47. The standard InChI is InChI=1S/C6H13NO4/c1-4(2)5(8)3-6(9)7(10)11/h4-6,8-9H,3H2,1-2H3. The molecule has 0 aromatic rings. The highest BCUT2D eigenvalue weighted by molar-refractivity contribution is 4.60. The molecule has 0 amide bonds. The van der Waals surface area contributed by atoms with Crippen LogP contribution in [0.3, 0.4) is 0 Å². The summed E-state index contributed by atoms with van der Waals surface area (Å²) in [5.74, 6) is -0.0652. The van der Waals surface area contributed by atoms with E-state index >= 15 is 0 Å². The summed E-state index contributed by atoms with van der Waals surface area (Å²) in [7, 11) is 0. The van der Waals surface area contributed by atoms with E-state index in [4.69, 9.17) is 10.2 Å². The van der Waals surface area contributed by atoms with Crippen LogP contribution < -0.4 is 0 Å². The van der Waals surface area contributed by atoms with Gasteiger partial charge >= 0.3 is 6.23 Å². The second-order valence-electron chi connectivity index (χ2n) is 2.81. The first-order valence-corrected chi connectivity index (χ1v) is 3.44. The summed E-state index contributed by atoms with van der Waals surface area (Å²) in [5, 5.41) is 27.7. The van der Waals surface area contributed by atoms with Gasteiger partial charge in [0.1, 0.15) is 0 Å². The Labute approximate surface area is 64.8 Å². The normalized spacial score (nSPS) is 16.5. The molecule has 0 saturated heterocycles. The van der Waals surface area contributed by atoms with Crippen LogP contribution in [0.25, 0.3) is 0 Å². The van der Waals surface area contributed by atoms with Gasteiger partial charge in [-0.2, -0.15) is 0 Å². The number of nitrogens with zero attached hydrogens (tertiary/aromatic N) is 1. The maximum atomic E-state index is 9.90. The third-order valence-electron chi connectivity index (χ3n) is 1.47. The molecule has 0 aliphatic rings. The van der Waals surface area contributed by atoms with Crippen LogP contribution in [0.1, 0.15) is 20.3 Å². The fraction of sp³-hybridized carbons (Fsp3) is 1.00. The molecule has 2 unspecified atom stereocenters. The second-order valence-corrected chi connectivity index (χ2v) is 2.81. The molecule has 0 saturated carbocycles. The predicted molar refractivity (Wildman–Crippen MR) is 38.5 cm³/mol. The minimum Gasteiger partial charge on any atom is -0.392 e. The van der Waals surface area contributed by atoms with Crippen LogP contribution in [0.2, 0.25) is 0 Å². The zero-order valence-electron chi connectivity index (χ0n) is 6.60. The Balaban J connectivity index is 3.75. The van der Waals surface area contributed by atoms with E-state index in [9.17, 15) is 10.1 Å². The average molecular weight is 163 g/mol. The molecule has 5 nitrogen and oxygen atoms in total. The molecule has 11 heavy (non-hydrogen) atoms. The Morgan fingerprint density at radius 1 is 1.45 bits per heavy atom. The molecule has 66 valence electrons. The van der Waals surface area contributed by atoms with Crippen molar-refractivity contribution >= 4 is 0 Å². The summed E-state index contributed by atoms with van der Waals surface area (Å²) < 4.78 is 0. The molecule has 0 heterocycles. The van der Waals surface area contributed by atoms with Gasteiger partial charge in [0.15, 0.2) is 0 Å². The number of aliphatic hydroxyl groups excluding tert-OH is 2. The van der Waals surface area contributed by atoms with Gasteiger partial charge in [0.25, 0.3) is 0 Å². The van der Waals surface area contributed by atoms with E-state index in [-0.39, 0.29) is 12.3 Å². The number of nitro groups is 1. The summed E-state index contributed by atoms with van der Waals surface area (Å²) in [5.41, 5.74) is 0. The highest BCUT2D eigenvalue weighted by Crippen LogP contribution is 2.08. The lowest BCUT2D eigenvalue weighted by atomic mass is 10.0. The molecule has 0 aromatic heterocycles. The van der Waals surface area contributed by atoms with E-state index < -0.39 is 17.3 Å². The van der Waals surface area contributed by atoms with Gasteiger partial charge < -0.3 is 10.2 Å². The summed E-state index contributed by atoms with van der Waals surface area (Å²) >= 11 is 0. The molecule has 0 radical (unpaired) electrons. The van der Waals surface area contributed by atoms with E-state index in [0.29, 0.717) is 0 Å². The van der Waals surface area contributed by atoms with Crippen molar-refractivity contribution in [2.45, 2.75) is 32.6 Å². The van der Waals surface area contributed by atoms with Crippen molar-refractivity contribution in [2.75, 3.05) is 0 Å². The summed E-state index contributed by atoms with van der Waals surface area (Å²) in [6, 6.07) is 0. The molecule has 2 atom stereocenters. The van der Waals surface area contributed by atoms with Crippen molar-refractivity contribution in [1.29, 1.82) is 0 Å². The number of aliphatic hydroxyl groups is 2. The predicted octanol–water partition coefficient (Wildman–Crippen LogP) is -0.0115.